The fourth-order valence-corrected chi connectivity index (χ4v) is 1.65. The molecule has 0 saturated carbocycles. The van der Waals surface area contributed by atoms with Crippen LogP contribution in [0.5, 0.6) is 0 Å². The molecular weight excluding hydrogens is 222 g/mol. The molecule has 1 aromatic carbocycles. The second-order valence-corrected chi connectivity index (χ2v) is 3.94. The average Bonchev–Trinajstić information content (AvgIpc) is 2.71. The van der Waals surface area contributed by atoms with Crippen molar-refractivity contribution >= 4 is 28.0 Å². The second kappa shape index (κ2) is 6.63. The highest BCUT2D eigenvalue weighted by Crippen LogP contribution is 2.20. The van der Waals surface area contributed by atoms with Crippen molar-refractivity contribution in [3.05, 3.63) is 47.8 Å². The number of thiophene rings is 1. The van der Waals surface area contributed by atoms with Crippen molar-refractivity contribution in [2.24, 2.45) is 0 Å². The van der Waals surface area contributed by atoms with Crippen molar-refractivity contribution in [1.29, 1.82) is 0 Å². The van der Waals surface area contributed by atoms with Gasteiger partial charge in [-0.05, 0) is 29.6 Å². The maximum Gasteiger partial charge on any atom is 0.300 e. The Balaban J connectivity index is 0.000000280. The van der Waals surface area contributed by atoms with Crippen LogP contribution in [0.3, 0.4) is 0 Å². The van der Waals surface area contributed by atoms with Crippen molar-refractivity contribution in [3.8, 4) is 0 Å². The molecule has 0 radical (unpaired) electrons. The normalized spacial score (nSPS) is 8.81. The lowest BCUT2D eigenvalue weighted by molar-refractivity contribution is -0.134. The van der Waals surface area contributed by atoms with Gasteiger partial charge < -0.3 is 10.4 Å². The molecule has 84 valence electrons. The predicted molar refractivity (Wildman–Crippen MR) is 67.4 cm³/mol. The highest BCUT2D eigenvalue weighted by atomic mass is 32.1. The van der Waals surface area contributed by atoms with Crippen LogP contribution in [0.4, 0.5) is 10.7 Å². The van der Waals surface area contributed by atoms with Gasteiger partial charge >= 0.3 is 0 Å². The third-order valence-corrected chi connectivity index (χ3v) is 2.35. The van der Waals surface area contributed by atoms with E-state index in [2.05, 4.69) is 28.9 Å². The first-order valence-electron chi connectivity index (χ1n) is 4.73. The van der Waals surface area contributed by atoms with Crippen molar-refractivity contribution in [1.82, 2.24) is 0 Å². The minimum atomic E-state index is -0.833. The zero-order chi connectivity index (χ0) is 11.8. The Morgan fingerprint density at radius 3 is 2.31 bits per heavy atom. The number of anilines is 2. The summed E-state index contributed by atoms with van der Waals surface area (Å²) >= 11 is 1.71. The number of carbonyl (C=O) groups is 1. The summed E-state index contributed by atoms with van der Waals surface area (Å²) in [7, 11) is 0. The summed E-state index contributed by atoms with van der Waals surface area (Å²) in [6, 6.07) is 14.3. The first-order chi connectivity index (χ1) is 7.68. The molecule has 2 aromatic rings. The van der Waals surface area contributed by atoms with Crippen LogP contribution >= 0.6 is 11.3 Å². The molecule has 0 aliphatic heterocycles. The fraction of sp³-hybridized carbons (Fsp3) is 0.0833. The lowest BCUT2D eigenvalue weighted by Crippen LogP contribution is -1.84. The van der Waals surface area contributed by atoms with Crippen molar-refractivity contribution in [2.75, 3.05) is 5.32 Å². The highest BCUT2D eigenvalue weighted by molar-refractivity contribution is 7.14. The molecule has 2 rings (SSSR count). The smallest absolute Gasteiger partial charge is 0.300 e. The first-order valence-corrected chi connectivity index (χ1v) is 5.61. The Hall–Kier alpha value is -1.81. The van der Waals surface area contributed by atoms with Gasteiger partial charge in [-0.25, -0.2) is 0 Å². The molecule has 3 nitrogen and oxygen atoms in total. The largest absolute Gasteiger partial charge is 0.481 e. The average molecular weight is 235 g/mol. The molecule has 0 aliphatic carbocycles. The minimum Gasteiger partial charge on any atom is -0.481 e. The third kappa shape index (κ3) is 5.17. The number of rotatable bonds is 2. The van der Waals surface area contributed by atoms with Gasteiger partial charge in [-0.2, -0.15) is 0 Å². The van der Waals surface area contributed by atoms with Crippen molar-refractivity contribution < 1.29 is 9.90 Å². The molecule has 0 spiro atoms. The van der Waals surface area contributed by atoms with Gasteiger partial charge in [-0.15, -0.1) is 11.3 Å². The van der Waals surface area contributed by atoms with Crippen LogP contribution in [0.15, 0.2) is 47.8 Å². The molecule has 1 aromatic heterocycles. The number of aliphatic carboxylic acids is 1. The Labute approximate surface area is 98.4 Å². The van der Waals surface area contributed by atoms with Crippen LogP contribution < -0.4 is 5.32 Å². The number of carboxylic acid groups (broad SMARTS) is 1. The molecule has 0 aliphatic rings. The van der Waals surface area contributed by atoms with E-state index in [9.17, 15) is 0 Å². The summed E-state index contributed by atoms with van der Waals surface area (Å²) in [6.45, 7) is 1.08. The standard InChI is InChI=1S/C10H9NS.C2H4O2/c1-2-5-9(6-3-1)11-10-7-4-8-12-10;1-2(3)4/h1-8,11H;1H3,(H,3,4). The van der Waals surface area contributed by atoms with E-state index in [1.54, 1.807) is 11.3 Å². The van der Waals surface area contributed by atoms with Crippen LogP contribution in [0.25, 0.3) is 0 Å². The SMILES string of the molecule is CC(=O)O.c1ccc(Nc2cccs2)cc1. The number of para-hydroxylation sites is 1. The van der Waals surface area contributed by atoms with Gasteiger partial charge in [0, 0.05) is 12.6 Å². The summed E-state index contributed by atoms with van der Waals surface area (Å²) in [5, 5.41) is 14.0. The summed E-state index contributed by atoms with van der Waals surface area (Å²) in [4.78, 5) is 9.00. The Morgan fingerprint density at radius 1 is 1.19 bits per heavy atom. The van der Waals surface area contributed by atoms with Gasteiger partial charge in [-0.3, -0.25) is 4.79 Å². The van der Waals surface area contributed by atoms with E-state index in [-0.39, 0.29) is 0 Å². The van der Waals surface area contributed by atoms with E-state index in [1.807, 2.05) is 24.3 Å². The van der Waals surface area contributed by atoms with Gasteiger partial charge in [-0.1, -0.05) is 18.2 Å². The van der Waals surface area contributed by atoms with Crippen LogP contribution in [0.2, 0.25) is 0 Å². The first kappa shape index (κ1) is 12.3. The number of carboxylic acids is 1. The molecule has 0 atom stereocenters. The third-order valence-electron chi connectivity index (χ3n) is 1.56. The fourth-order valence-electron chi connectivity index (χ4n) is 1.01. The van der Waals surface area contributed by atoms with Gasteiger partial charge in [0.15, 0.2) is 0 Å². The van der Waals surface area contributed by atoms with E-state index in [0.717, 1.165) is 12.6 Å². The van der Waals surface area contributed by atoms with Gasteiger partial charge in [0.2, 0.25) is 0 Å². The quantitative estimate of drug-likeness (QED) is 0.836. The number of hydrogen-bond donors (Lipinski definition) is 2. The van der Waals surface area contributed by atoms with E-state index < -0.39 is 5.97 Å². The maximum atomic E-state index is 9.00. The Kier molecular flexibility index (Phi) is 5.08. The zero-order valence-corrected chi connectivity index (χ0v) is 9.70. The topological polar surface area (TPSA) is 49.3 Å². The van der Waals surface area contributed by atoms with Gasteiger partial charge in [0.05, 0.1) is 5.00 Å². The second-order valence-electron chi connectivity index (χ2n) is 2.99. The maximum absolute atomic E-state index is 9.00. The molecule has 2 N–H and O–H groups in total. The summed E-state index contributed by atoms with van der Waals surface area (Å²) in [5.74, 6) is -0.833. The van der Waals surface area contributed by atoms with Crippen molar-refractivity contribution in [2.45, 2.75) is 6.92 Å². The van der Waals surface area contributed by atoms with E-state index in [0.29, 0.717) is 0 Å². The number of nitrogens with one attached hydrogen (secondary N) is 1. The lowest BCUT2D eigenvalue weighted by Gasteiger charge is -2.00. The van der Waals surface area contributed by atoms with E-state index in [1.165, 1.54) is 5.00 Å². The highest BCUT2D eigenvalue weighted by Gasteiger charge is 1.91. The molecule has 4 heteroatoms. The molecule has 0 amide bonds. The number of benzene rings is 1. The van der Waals surface area contributed by atoms with Gasteiger partial charge in [0.1, 0.15) is 0 Å². The van der Waals surface area contributed by atoms with Crippen LogP contribution in [0, 0.1) is 0 Å². The summed E-state index contributed by atoms with van der Waals surface area (Å²) in [6.07, 6.45) is 0. The lowest BCUT2D eigenvalue weighted by atomic mass is 10.3. The van der Waals surface area contributed by atoms with E-state index >= 15 is 0 Å². The summed E-state index contributed by atoms with van der Waals surface area (Å²) < 4.78 is 0. The molecule has 1 heterocycles. The van der Waals surface area contributed by atoms with Crippen LogP contribution in [-0.4, -0.2) is 11.1 Å². The Bertz CT molecular complexity index is 408. The zero-order valence-electron chi connectivity index (χ0n) is 8.88. The van der Waals surface area contributed by atoms with Crippen LogP contribution in [-0.2, 0) is 4.79 Å². The number of hydrogen-bond acceptors (Lipinski definition) is 3. The summed E-state index contributed by atoms with van der Waals surface area (Å²) in [5.41, 5.74) is 1.14. The molecule has 0 fully saturated rings. The van der Waals surface area contributed by atoms with Gasteiger partial charge in [0.25, 0.3) is 5.97 Å². The molecule has 0 unspecified atom stereocenters. The minimum absolute atomic E-state index is 0.833. The molecule has 0 saturated heterocycles. The molecular formula is C12H13NO2S. The Morgan fingerprint density at radius 2 is 1.81 bits per heavy atom. The predicted octanol–water partition coefficient (Wildman–Crippen LogP) is 3.58. The monoisotopic (exact) mass is 235 g/mol. The molecule has 16 heavy (non-hydrogen) atoms. The molecule has 0 bridgehead atoms. The van der Waals surface area contributed by atoms with E-state index in [4.69, 9.17) is 9.90 Å². The van der Waals surface area contributed by atoms with Crippen molar-refractivity contribution in [3.63, 3.8) is 0 Å². The van der Waals surface area contributed by atoms with Crippen LogP contribution in [0.1, 0.15) is 6.92 Å².